The van der Waals surface area contributed by atoms with Crippen LogP contribution in [0, 0.1) is 11.8 Å². The third kappa shape index (κ3) is 2.23. The molecule has 0 aliphatic heterocycles. The minimum absolute atomic E-state index is 0.181. The standard InChI is InChI=1S/C10H19NO/c1-4-8(3)10(12)11-9-5-7(2)6-9/h7-9H,4-6H2,1-3H3,(H,11,12). The lowest BCUT2D eigenvalue weighted by Gasteiger charge is -2.33. The van der Waals surface area contributed by atoms with Gasteiger partial charge < -0.3 is 5.32 Å². The lowest BCUT2D eigenvalue weighted by atomic mass is 9.81. The van der Waals surface area contributed by atoms with Crippen LogP contribution in [0.15, 0.2) is 0 Å². The highest BCUT2D eigenvalue weighted by Gasteiger charge is 2.27. The van der Waals surface area contributed by atoms with Crippen molar-refractivity contribution >= 4 is 5.91 Å². The van der Waals surface area contributed by atoms with Crippen LogP contribution in [0.5, 0.6) is 0 Å². The van der Waals surface area contributed by atoms with Gasteiger partial charge in [-0.05, 0) is 25.2 Å². The van der Waals surface area contributed by atoms with E-state index in [1.165, 1.54) is 12.8 Å². The van der Waals surface area contributed by atoms with Crippen LogP contribution in [0.1, 0.15) is 40.0 Å². The number of carbonyl (C=O) groups is 1. The molecule has 0 aromatic rings. The molecule has 1 atom stereocenters. The smallest absolute Gasteiger partial charge is 0.223 e. The van der Waals surface area contributed by atoms with Crippen molar-refractivity contribution in [2.45, 2.75) is 46.1 Å². The lowest BCUT2D eigenvalue weighted by molar-refractivity contribution is -0.126. The van der Waals surface area contributed by atoms with Crippen molar-refractivity contribution in [3.8, 4) is 0 Å². The predicted molar refractivity (Wildman–Crippen MR) is 49.8 cm³/mol. The van der Waals surface area contributed by atoms with Crippen LogP contribution in [-0.4, -0.2) is 11.9 Å². The molecule has 0 bridgehead atoms. The maximum absolute atomic E-state index is 11.4. The third-order valence-corrected chi connectivity index (χ3v) is 2.78. The molecule has 2 heteroatoms. The second-order valence-electron chi connectivity index (χ2n) is 4.09. The molecule has 0 aromatic carbocycles. The molecular formula is C10H19NO. The summed E-state index contributed by atoms with van der Waals surface area (Å²) in [6, 6.07) is 0.474. The largest absolute Gasteiger partial charge is 0.353 e. The molecule has 0 heterocycles. The molecular weight excluding hydrogens is 150 g/mol. The van der Waals surface area contributed by atoms with E-state index < -0.39 is 0 Å². The molecule has 1 unspecified atom stereocenters. The average Bonchev–Trinajstić information content (AvgIpc) is 2.00. The van der Waals surface area contributed by atoms with Crippen LogP contribution >= 0.6 is 0 Å². The Kier molecular flexibility index (Phi) is 3.12. The number of hydrogen-bond acceptors (Lipinski definition) is 1. The molecule has 1 saturated carbocycles. The van der Waals surface area contributed by atoms with Gasteiger partial charge >= 0.3 is 0 Å². The molecule has 1 rings (SSSR count). The SMILES string of the molecule is CCC(C)C(=O)NC1CC(C)C1. The van der Waals surface area contributed by atoms with E-state index in [2.05, 4.69) is 12.2 Å². The minimum Gasteiger partial charge on any atom is -0.353 e. The highest BCUT2D eigenvalue weighted by Crippen LogP contribution is 2.26. The number of rotatable bonds is 3. The van der Waals surface area contributed by atoms with E-state index in [0.717, 1.165) is 12.3 Å². The molecule has 1 fully saturated rings. The van der Waals surface area contributed by atoms with Gasteiger partial charge in [0, 0.05) is 12.0 Å². The van der Waals surface area contributed by atoms with Crippen molar-refractivity contribution in [1.29, 1.82) is 0 Å². The Balaban J connectivity index is 2.18. The Labute approximate surface area is 74.7 Å². The van der Waals surface area contributed by atoms with Crippen LogP contribution in [0.2, 0.25) is 0 Å². The summed E-state index contributed by atoms with van der Waals surface area (Å²) in [6.45, 7) is 6.26. The summed E-state index contributed by atoms with van der Waals surface area (Å²) >= 11 is 0. The van der Waals surface area contributed by atoms with Gasteiger partial charge in [-0.15, -0.1) is 0 Å². The van der Waals surface area contributed by atoms with Crippen molar-refractivity contribution in [3.05, 3.63) is 0 Å². The monoisotopic (exact) mass is 169 g/mol. The maximum Gasteiger partial charge on any atom is 0.223 e. The molecule has 0 spiro atoms. The van der Waals surface area contributed by atoms with Gasteiger partial charge in [-0.1, -0.05) is 20.8 Å². The summed E-state index contributed by atoms with van der Waals surface area (Å²) in [7, 11) is 0. The van der Waals surface area contributed by atoms with E-state index in [9.17, 15) is 4.79 Å². The minimum atomic E-state index is 0.181. The molecule has 1 N–H and O–H groups in total. The zero-order valence-corrected chi connectivity index (χ0v) is 8.26. The van der Waals surface area contributed by atoms with Crippen LogP contribution in [0.4, 0.5) is 0 Å². The van der Waals surface area contributed by atoms with E-state index in [1.807, 2.05) is 13.8 Å². The van der Waals surface area contributed by atoms with Gasteiger partial charge in [0.25, 0.3) is 0 Å². The Morgan fingerprint density at radius 1 is 1.58 bits per heavy atom. The molecule has 1 amide bonds. The molecule has 2 nitrogen and oxygen atoms in total. The van der Waals surface area contributed by atoms with Crippen LogP contribution in [-0.2, 0) is 4.79 Å². The third-order valence-electron chi connectivity index (χ3n) is 2.78. The van der Waals surface area contributed by atoms with Crippen LogP contribution in [0.3, 0.4) is 0 Å². The first-order valence-electron chi connectivity index (χ1n) is 4.93. The van der Waals surface area contributed by atoms with Crippen molar-refractivity contribution in [3.63, 3.8) is 0 Å². The Morgan fingerprint density at radius 2 is 2.17 bits per heavy atom. The molecule has 0 radical (unpaired) electrons. The maximum atomic E-state index is 11.4. The fourth-order valence-electron chi connectivity index (χ4n) is 1.55. The van der Waals surface area contributed by atoms with Gasteiger partial charge in [0.2, 0.25) is 5.91 Å². The summed E-state index contributed by atoms with van der Waals surface area (Å²) < 4.78 is 0. The Bertz CT molecular complexity index is 161. The van der Waals surface area contributed by atoms with E-state index in [-0.39, 0.29) is 11.8 Å². The highest BCUT2D eigenvalue weighted by atomic mass is 16.1. The second-order valence-corrected chi connectivity index (χ2v) is 4.09. The number of hydrogen-bond donors (Lipinski definition) is 1. The van der Waals surface area contributed by atoms with E-state index in [0.29, 0.717) is 6.04 Å². The topological polar surface area (TPSA) is 29.1 Å². The van der Waals surface area contributed by atoms with Crippen molar-refractivity contribution < 1.29 is 4.79 Å². The fourth-order valence-corrected chi connectivity index (χ4v) is 1.55. The summed E-state index contributed by atoms with van der Waals surface area (Å²) in [5.41, 5.74) is 0. The van der Waals surface area contributed by atoms with Crippen molar-refractivity contribution in [1.82, 2.24) is 5.32 Å². The summed E-state index contributed by atoms with van der Waals surface area (Å²) in [5.74, 6) is 1.22. The van der Waals surface area contributed by atoms with E-state index in [1.54, 1.807) is 0 Å². The van der Waals surface area contributed by atoms with Crippen LogP contribution in [0.25, 0.3) is 0 Å². The molecule has 0 saturated heterocycles. The first-order valence-corrected chi connectivity index (χ1v) is 4.93. The van der Waals surface area contributed by atoms with Gasteiger partial charge in [-0.2, -0.15) is 0 Å². The first-order chi connectivity index (χ1) is 5.63. The van der Waals surface area contributed by atoms with Gasteiger partial charge in [0.1, 0.15) is 0 Å². The lowest BCUT2D eigenvalue weighted by Crippen LogP contribution is -2.45. The first kappa shape index (κ1) is 9.56. The zero-order valence-electron chi connectivity index (χ0n) is 8.26. The van der Waals surface area contributed by atoms with Crippen LogP contribution < -0.4 is 5.32 Å². The Morgan fingerprint density at radius 3 is 2.58 bits per heavy atom. The molecule has 70 valence electrons. The fraction of sp³-hybridized carbons (Fsp3) is 0.900. The number of carbonyl (C=O) groups excluding carboxylic acids is 1. The number of amides is 1. The summed E-state index contributed by atoms with van der Waals surface area (Å²) in [4.78, 5) is 11.4. The summed E-state index contributed by atoms with van der Waals surface area (Å²) in [5, 5.41) is 3.06. The van der Waals surface area contributed by atoms with Gasteiger partial charge in [0.15, 0.2) is 0 Å². The quantitative estimate of drug-likeness (QED) is 0.687. The molecule has 1 aliphatic carbocycles. The van der Waals surface area contributed by atoms with Gasteiger partial charge in [0.05, 0.1) is 0 Å². The number of nitrogens with one attached hydrogen (secondary N) is 1. The molecule has 1 aliphatic rings. The van der Waals surface area contributed by atoms with Gasteiger partial charge in [-0.3, -0.25) is 4.79 Å². The second kappa shape index (κ2) is 3.92. The molecule has 0 aromatic heterocycles. The Hall–Kier alpha value is -0.530. The highest BCUT2D eigenvalue weighted by molar-refractivity contribution is 5.78. The van der Waals surface area contributed by atoms with Crippen molar-refractivity contribution in [2.24, 2.45) is 11.8 Å². The van der Waals surface area contributed by atoms with Crippen molar-refractivity contribution in [2.75, 3.05) is 0 Å². The molecule has 12 heavy (non-hydrogen) atoms. The van der Waals surface area contributed by atoms with Gasteiger partial charge in [-0.25, -0.2) is 0 Å². The zero-order chi connectivity index (χ0) is 9.14. The summed E-state index contributed by atoms with van der Waals surface area (Å²) in [6.07, 6.45) is 3.28. The van der Waals surface area contributed by atoms with E-state index in [4.69, 9.17) is 0 Å². The average molecular weight is 169 g/mol. The van der Waals surface area contributed by atoms with E-state index >= 15 is 0 Å². The predicted octanol–water partition coefficient (Wildman–Crippen LogP) is 1.95. The normalized spacial score (nSPS) is 30.6.